The molecule has 1 heterocycles. The molecular weight excluding hydrogens is 263 g/mol. The first-order valence-electron chi connectivity index (χ1n) is 4.71. The van der Waals surface area contributed by atoms with Gasteiger partial charge in [0.2, 0.25) is 0 Å². The van der Waals surface area contributed by atoms with Crippen LogP contribution in [0.25, 0.3) is 0 Å². The zero-order valence-electron chi connectivity index (χ0n) is 8.31. The third kappa shape index (κ3) is 2.33. The lowest BCUT2D eigenvalue weighted by atomic mass is 9.79. The second-order valence-corrected chi connectivity index (χ2v) is 5.33. The molecule has 0 saturated carbocycles. The minimum Gasteiger partial charge on any atom is -0.306 e. The molecule has 0 aromatic carbocycles. The van der Waals surface area contributed by atoms with Gasteiger partial charge in [-0.05, 0) is 20.0 Å². The summed E-state index contributed by atoms with van der Waals surface area (Å²) in [6.07, 6.45) is 1.32. The zero-order valence-corrected chi connectivity index (χ0v) is 10.5. The zero-order chi connectivity index (χ0) is 9.19. The molecule has 0 radical (unpaired) electrons. The Morgan fingerprint density at radius 2 is 2.00 bits per heavy atom. The molecule has 0 aliphatic carbocycles. The predicted octanol–water partition coefficient (Wildman–Crippen LogP) is 2.00. The Balaban J connectivity index is 2.36. The van der Waals surface area contributed by atoms with Crippen LogP contribution in [0.2, 0.25) is 0 Å². The smallest absolute Gasteiger partial charge is 0.0202 e. The molecule has 1 fully saturated rings. The van der Waals surface area contributed by atoms with E-state index in [0.29, 0.717) is 5.41 Å². The molecule has 72 valence electrons. The Bertz CT molecular complexity index is 143. The molecule has 0 aromatic heterocycles. The van der Waals surface area contributed by atoms with Crippen LogP contribution in [0.3, 0.4) is 0 Å². The first-order chi connectivity index (χ1) is 5.62. The summed E-state index contributed by atoms with van der Waals surface area (Å²) in [5.41, 5.74) is 0.603. The molecule has 1 saturated heterocycles. The van der Waals surface area contributed by atoms with Crippen LogP contribution < -0.4 is 0 Å². The number of hydrogen-bond donors (Lipinski definition) is 0. The molecule has 12 heavy (non-hydrogen) atoms. The molecule has 0 N–H and O–H groups in total. The lowest BCUT2D eigenvalue weighted by Gasteiger charge is -2.48. The Hall–Kier alpha value is 0.650. The number of nitrogens with zero attached hydrogens (tertiary/aromatic N) is 2. The van der Waals surface area contributed by atoms with Gasteiger partial charge < -0.3 is 4.90 Å². The van der Waals surface area contributed by atoms with Crippen molar-refractivity contribution in [3.63, 3.8) is 0 Å². The minimum atomic E-state index is 0.603. The average molecular weight is 282 g/mol. The van der Waals surface area contributed by atoms with Crippen LogP contribution in [-0.4, -0.2) is 41.2 Å². The van der Waals surface area contributed by atoms with Gasteiger partial charge in [0.1, 0.15) is 0 Å². The van der Waals surface area contributed by atoms with Gasteiger partial charge in [-0.2, -0.15) is 0 Å². The summed E-state index contributed by atoms with van der Waals surface area (Å²) in [5.74, 6) is 0. The summed E-state index contributed by atoms with van der Waals surface area (Å²) < 4.78 is 2.38. The van der Waals surface area contributed by atoms with E-state index in [1.54, 1.807) is 0 Å². The third-order valence-corrected chi connectivity index (χ3v) is 3.59. The summed E-state index contributed by atoms with van der Waals surface area (Å²) in [4.78, 5) is 2.42. The van der Waals surface area contributed by atoms with Gasteiger partial charge in [0.05, 0.1) is 0 Å². The van der Waals surface area contributed by atoms with E-state index in [1.807, 2.05) is 0 Å². The molecular formula is C9H19IN2. The van der Waals surface area contributed by atoms with E-state index >= 15 is 0 Å². The Labute approximate surface area is 89.8 Å². The normalized spacial score (nSPS) is 22.8. The van der Waals surface area contributed by atoms with Crippen LogP contribution in [0.4, 0.5) is 0 Å². The SMILES string of the molecule is CCN(C)CC1(CC)CN(I)C1. The van der Waals surface area contributed by atoms with Crippen molar-refractivity contribution in [3.8, 4) is 0 Å². The highest BCUT2D eigenvalue weighted by molar-refractivity contribution is 14.1. The first kappa shape index (κ1) is 10.7. The molecule has 0 amide bonds. The van der Waals surface area contributed by atoms with Gasteiger partial charge in [-0.25, -0.2) is 3.11 Å². The van der Waals surface area contributed by atoms with Gasteiger partial charge in [0, 0.05) is 47.9 Å². The first-order valence-corrected chi connectivity index (χ1v) is 5.67. The topological polar surface area (TPSA) is 6.48 Å². The molecule has 1 rings (SSSR count). The molecule has 0 atom stereocenters. The quantitative estimate of drug-likeness (QED) is 0.575. The van der Waals surface area contributed by atoms with Crippen LogP contribution in [0.5, 0.6) is 0 Å². The fraction of sp³-hybridized carbons (Fsp3) is 1.00. The van der Waals surface area contributed by atoms with Crippen molar-refractivity contribution in [2.24, 2.45) is 5.41 Å². The van der Waals surface area contributed by atoms with Crippen LogP contribution >= 0.6 is 22.9 Å². The Morgan fingerprint density at radius 1 is 1.42 bits per heavy atom. The second-order valence-electron chi connectivity index (χ2n) is 3.96. The molecule has 0 aromatic rings. The van der Waals surface area contributed by atoms with Crippen LogP contribution in [0.15, 0.2) is 0 Å². The molecule has 1 aliphatic heterocycles. The van der Waals surface area contributed by atoms with Crippen molar-refractivity contribution in [2.75, 3.05) is 33.2 Å². The van der Waals surface area contributed by atoms with Crippen molar-refractivity contribution < 1.29 is 0 Å². The molecule has 1 aliphatic rings. The Kier molecular flexibility index (Phi) is 3.79. The van der Waals surface area contributed by atoms with E-state index < -0.39 is 0 Å². The van der Waals surface area contributed by atoms with Crippen LogP contribution in [0.1, 0.15) is 20.3 Å². The van der Waals surface area contributed by atoms with Crippen LogP contribution in [-0.2, 0) is 0 Å². The maximum atomic E-state index is 2.42. The fourth-order valence-electron chi connectivity index (χ4n) is 1.80. The van der Waals surface area contributed by atoms with Crippen molar-refractivity contribution >= 4 is 22.9 Å². The molecule has 0 bridgehead atoms. The lowest BCUT2D eigenvalue weighted by molar-refractivity contribution is 0.0517. The molecule has 0 unspecified atom stereocenters. The minimum absolute atomic E-state index is 0.603. The van der Waals surface area contributed by atoms with E-state index in [2.05, 4.69) is 51.8 Å². The van der Waals surface area contributed by atoms with Crippen molar-refractivity contribution in [3.05, 3.63) is 0 Å². The second kappa shape index (κ2) is 4.24. The summed E-state index contributed by atoms with van der Waals surface area (Å²) in [5, 5.41) is 0. The predicted molar refractivity (Wildman–Crippen MR) is 61.5 cm³/mol. The largest absolute Gasteiger partial charge is 0.306 e. The summed E-state index contributed by atoms with van der Waals surface area (Å²) >= 11 is 2.42. The van der Waals surface area contributed by atoms with Gasteiger partial charge >= 0.3 is 0 Å². The monoisotopic (exact) mass is 282 g/mol. The highest BCUT2D eigenvalue weighted by Gasteiger charge is 2.40. The molecule has 0 spiro atoms. The number of halogens is 1. The van der Waals surface area contributed by atoms with Crippen molar-refractivity contribution in [1.82, 2.24) is 8.01 Å². The van der Waals surface area contributed by atoms with Gasteiger partial charge in [-0.1, -0.05) is 13.8 Å². The standard InChI is InChI=1S/C9H19IN2/c1-4-9(6-11(3)5-2)7-12(10)8-9/h4-8H2,1-3H3. The molecule has 2 nitrogen and oxygen atoms in total. The maximum Gasteiger partial charge on any atom is 0.0202 e. The summed E-state index contributed by atoms with van der Waals surface area (Å²) in [6, 6.07) is 0. The van der Waals surface area contributed by atoms with E-state index in [1.165, 1.54) is 32.6 Å². The van der Waals surface area contributed by atoms with E-state index in [4.69, 9.17) is 0 Å². The fourth-order valence-corrected chi connectivity index (χ4v) is 3.25. The van der Waals surface area contributed by atoms with Gasteiger partial charge in [0.25, 0.3) is 0 Å². The van der Waals surface area contributed by atoms with Crippen LogP contribution in [0, 0.1) is 5.41 Å². The lowest BCUT2D eigenvalue weighted by Crippen LogP contribution is -2.56. The average Bonchev–Trinajstić information content (AvgIpc) is 2.01. The molecule has 3 heteroatoms. The Morgan fingerprint density at radius 3 is 2.33 bits per heavy atom. The van der Waals surface area contributed by atoms with Gasteiger partial charge in [-0.3, -0.25) is 0 Å². The third-order valence-electron chi connectivity index (χ3n) is 2.91. The number of rotatable bonds is 4. The highest BCUT2D eigenvalue weighted by atomic mass is 127. The van der Waals surface area contributed by atoms with E-state index in [9.17, 15) is 0 Å². The van der Waals surface area contributed by atoms with Gasteiger partial charge in [-0.15, -0.1) is 0 Å². The summed E-state index contributed by atoms with van der Waals surface area (Å²) in [6.45, 7) is 9.52. The maximum absolute atomic E-state index is 2.42. The van der Waals surface area contributed by atoms with Crippen molar-refractivity contribution in [1.29, 1.82) is 0 Å². The van der Waals surface area contributed by atoms with E-state index in [0.717, 1.165) is 0 Å². The van der Waals surface area contributed by atoms with Crippen molar-refractivity contribution in [2.45, 2.75) is 20.3 Å². The number of hydrogen-bond acceptors (Lipinski definition) is 2. The van der Waals surface area contributed by atoms with E-state index in [-0.39, 0.29) is 0 Å². The summed E-state index contributed by atoms with van der Waals surface area (Å²) in [7, 11) is 2.22. The van der Waals surface area contributed by atoms with Gasteiger partial charge in [0.15, 0.2) is 0 Å². The highest BCUT2D eigenvalue weighted by Crippen LogP contribution is 2.36.